The fraction of sp³-hybridized carbons (Fsp3) is 0.444. The Morgan fingerprint density at radius 1 is 1.00 bits per heavy atom. The average molecular weight is 371 g/mol. The van der Waals surface area contributed by atoms with E-state index in [9.17, 15) is 9.59 Å². The highest BCUT2D eigenvalue weighted by Crippen LogP contribution is 2.24. The Balaban J connectivity index is 1.47. The second-order valence-corrected chi connectivity index (χ2v) is 7.57. The van der Waals surface area contributed by atoms with Crippen LogP contribution in [0.25, 0.3) is 0 Å². The lowest BCUT2D eigenvalue weighted by Gasteiger charge is -2.35. The third-order valence-corrected chi connectivity index (χ3v) is 5.85. The van der Waals surface area contributed by atoms with E-state index in [1.807, 2.05) is 17.5 Å². The fourth-order valence-electron chi connectivity index (χ4n) is 3.61. The van der Waals surface area contributed by atoms with E-state index in [4.69, 9.17) is 5.73 Å². The van der Waals surface area contributed by atoms with Crippen LogP contribution in [0.2, 0.25) is 0 Å². The number of nitrogen functional groups attached to an aromatic ring is 1. The summed E-state index contributed by atoms with van der Waals surface area (Å²) in [5.41, 5.74) is 8.14. The molecular formula is C18H21N5O2S. The maximum Gasteiger partial charge on any atom is 0.273 e. The number of piperazine rings is 1. The SMILES string of the molecule is Nc1nc2c(c(C(=O)N3CCN(C(=O)c4cccs4)CC3)n1)CCCC2. The third kappa shape index (κ3) is 3.16. The summed E-state index contributed by atoms with van der Waals surface area (Å²) >= 11 is 1.44. The second kappa shape index (κ2) is 7.03. The molecule has 1 aliphatic heterocycles. The summed E-state index contributed by atoms with van der Waals surface area (Å²) < 4.78 is 0. The first-order chi connectivity index (χ1) is 12.6. The van der Waals surface area contributed by atoms with Crippen LogP contribution in [0, 0.1) is 0 Å². The molecule has 1 saturated heterocycles. The molecule has 0 spiro atoms. The van der Waals surface area contributed by atoms with Gasteiger partial charge in [-0.05, 0) is 37.1 Å². The van der Waals surface area contributed by atoms with Crippen LogP contribution in [0.3, 0.4) is 0 Å². The monoisotopic (exact) mass is 371 g/mol. The van der Waals surface area contributed by atoms with Crippen molar-refractivity contribution in [3.05, 3.63) is 39.3 Å². The molecule has 3 heterocycles. The van der Waals surface area contributed by atoms with Crippen LogP contribution in [0.1, 0.15) is 44.3 Å². The molecule has 26 heavy (non-hydrogen) atoms. The molecule has 2 amide bonds. The molecule has 0 atom stereocenters. The third-order valence-electron chi connectivity index (χ3n) is 4.99. The number of nitrogens with two attached hydrogens (primary N) is 1. The first kappa shape index (κ1) is 17.0. The minimum Gasteiger partial charge on any atom is -0.368 e. The van der Waals surface area contributed by atoms with Gasteiger partial charge in [-0.25, -0.2) is 9.97 Å². The first-order valence-electron chi connectivity index (χ1n) is 8.91. The van der Waals surface area contributed by atoms with Crippen LogP contribution in [0.15, 0.2) is 17.5 Å². The molecule has 2 aromatic heterocycles. The number of hydrogen-bond donors (Lipinski definition) is 1. The largest absolute Gasteiger partial charge is 0.368 e. The van der Waals surface area contributed by atoms with Gasteiger partial charge < -0.3 is 15.5 Å². The number of nitrogens with zero attached hydrogens (tertiary/aromatic N) is 4. The summed E-state index contributed by atoms with van der Waals surface area (Å²) in [6, 6.07) is 3.71. The predicted octanol–water partition coefficient (Wildman–Crippen LogP) is 1.60. The Kier molecular flexibility index (Phi) is 4.58. The van der Waals surface area contributed by atoms with Gasteiger partial charge in [0, 0.05) is 37.4 Å². The van der Waals surface area contributed by atoms with Gasteiger partial charge in [-0.15, -0.1) is 11.3 Å². The summed E-state index contributed by atoms with van der Waals surface area (Å²) in [6.07, 6.45) is 3.79. The molecule has 0 bridgehead atoms. The molecule has 8 heteroatoms. The van der Waals surface area contributed by atoms with Crippen molar-refractivity contribution in [3.8, 4) is 0 Å². The van der Waals surface area contributed by atoms with E-state index in [1.54, 1.807) is 9.80 Å². The lowest BCUT2D eigenvalue weighted by Crippen LogP contribution is -2.50. The topological polar surface area (TPSA) is 92.4 Å². The molecule has 1 fully saturated rings. The number of carbonyl (C=O) groups excluding carboxylic acids is 2. The molecule has 4 rings (SSSR count). The van der Waals surface area contributed by atoms with E-state index in [2.05, 4.69) is 9.97 Å². The van der Waals surface area contributed by atoms with Gasteiger partial charge in [0.25, 0.3) is 11.8 Å². The van der Waals surface area contributed by atoms with E-state index >= 15 is 0 Å². The van der Waals surface area contributed by atoms with Gasteiger partial charge in [0.2, 0.25) is 5.95 Å². The van der Waals surface area contributed by atoms with Crippen molar-refractivity contribution in [2.24, 2.45) is 0 Å². The summed E-state index contributed by atoms with van der Waals surface area (Å²) in [4.78, 5) is 38.3. The molecule has 2 aliphatic rings. The minimum atomic E-state index is -0.0968. The summed E-state index contributed by atoms with van der Waals surface area (Å²) in [6.45, 7) is 2.08. The summed E-state index contributed by atoms with van der Waals surface area (Å²) in [7, 11) is 0. The Hall–Kier alpha value is -2.48. The quantitative estimate of drug-likeness (QED) is 0.866. The van der Waals surface area contributed by atoms with Crippen molar-refractivity contribution in [2.45, 2.75) is 25.7 Å². The Morgan fingerprint density at radius 3 is 2.38 bits per heavy atom. The number of fused-ring (bicyclic) bond motifs is 1. The highest BCUT2D eigenvalue weighted by atomic mass is 32.1. The highest BCUT2D eigenvalue weighted by Gasteiger charge is 2.29. The van der Waals surface area contributed by atoms with Gasteiger partial charge in [-0.1, -0.05) is 6.07 Å². The van der Waals surface area contributed by atoms with E-state index in [0.29, 0.717) is 31.9 Å². The predicted molar refractivity (Wildman–Crippen MR) is 99.2 cm³/mol. The molecule has 0 aromatic carbocycles. The van der Waals surface area contributed by atoms with Crippen LogP contribution >= 0.6 is 11.3 Å². The van der Waals surface area contributed by atoms with Crippen molar-refractivity contribution in [2.75, 3.05) is 31.9 Å². The van der Waals surface area contributed by atoms with Gasteiger partial charge in [0.15, 0.2) is 0 Å². The number of aromatic nitrogens is 2. The molecule has 1 aliphatic carbocycles. The van der Waals surface area contributed by atoms with Gasteiger partial charge >= 0.3 is 0 Å². The number of amides is 2. The van der Waals surface area contributed by atoms with Crippen molar-refractivity contribution in [3.63, 3.8) is 0 Å². The van der Waals surface area contributed by atoms with Gasteiger partial charge in [0.05, 0.1) is 4.88 Å². The Morgan fingerprint density at radius 2 is 1.69 bits per heavy atom. The molecule has 136 valence electrons. The molecule has 2 N–H and O–H groups in total. The zero-order valence-electron chi connectivity index (χ0n) is 14.5. The van der Waals surface area contributed by atoms with E-state index in [-0.39, 0.29) is 17.8 Å². The van der Waals surface area contributed by atoms with Gasteiger partial charge in [-0.3, -0.25) is 9.59 Å². The van der Waals surface area contributed by atoms with Crippen LogP contribution in [-0.4, -0.2) is 57.8 Å². The Bertz CT molecular complexity index is 828. The molecular weight excluding hydrogens is 350 g/mol. The second-order valence-electron chi connectivity index (χ2n) is 6.62. The number of hydrogen-bond acceptors (Lipinski definition) is 6. The lowest BCUT2D eigenvalue weighted by molar-refractivity contribution is 0.0534. The van der Waals surface area contributed by atoms with Crippen molar-refractivity contribution in [1.82, 2.24) is 19.8 Å². The van der Waals surface area contributed by atoms with Crippen LogP contribution < -0.4 is 5.73 Å². The maximum atomic E-state index is 13.0. The molecule has 2 aromatic rings. The zero-order valence-corrected chi connectivity index (χ0v) is 15.3. The maximum absolute atomic E-state index is 13.0. The van der Waals surface area contributed by atoms with E-state index in [0.717, 1.165) is 41.8 Å². The highest BCUT2D eigenvalue weighted by molar-refractivity contribution is 7.12. The number of rotatable bonds is 2. The van der Waals surface area contributed by atoms with Crippen LogP contribution in [0.4, 0.5) is 5.95 Å². The number of thiophene rings is 1. The molecule has 0 radical (unpaired) electrons. The van der Waals surface area contributed by atoms with E-state index in [1.165, 1.54) is 11.3 Å². The zero-order chi connectivity index (χ0) is 18.1. The average Bonchev–Trinajstić information content (AvgIpc) is 3.21. The van der Waals surface area contributed by atoms with Crippen molar-refractivity contribution >= 4 is 29.1 Å². The van der Waals surface area contributed by atoms with E-state index < -0.39 is 0 Å². The lowest BCUT2D eigenvalue weighted by atomic mass is 9.94. The molecule has 7 nitrogen and oxygen atoms in total. The van der Waals surface area contributed by atoms with Crippen LogP contribution in [-0.2, 0) is 12.8 Å². The number of aryl methyl sites for hydroxylation is 1. The number of anilines is 1. The van der Waals surface area contributed by atoms with Gasteiger partial charge in [0.1, 0.15) is 5.69 Å². The van der Waals surface area contributed by atoms with Crippen molar-refractivity contribution in [1.29, 1.82) is 0 Å². The smallest absolute Gasteiger partial charge is 0.273 e. The summed E-state index contributed by atoms with van der Waals surface area (Å²) in [5, 5.41) is 1.90. The Labute approximate surface area is 155 Å². The fourth-order valence-corrected chi connectivity index (χ4v) is 4.30. The van der Waals surface area contributed by atoms with Gasteiger partial charge in [-0.2, -0.15) is 0 Å². The normalized spacial score (nSPS) is 17.1. The first-order valence-corrected chi connectivity index (χ1v) is 9.79. The summed E-state index contributed by atoms with van der Waals surface area (Å²) in [5.74, 6) is 0.108. The van der Waals surface area contributed by atoms with Crippen LogP contribution in [0.5, 0.6) is 0 Å². The van der Waals surface area contributed by atoms with Crippen molar-refractivity contribution < 1.29 is 9.59 Å². The molecule has 0 unspecified atom stereocenters. The molecule has 0 saturated carbocycles. The standard InChI is InChI=1S/C18H21N5O2S/c19-18-20-13-5-2-1-4-12(13)15(21-18)17(25)23-9-7-22(8-10-23)16(24)14-6-3-11-26-14/h3,6,11H,1-2,4-5,7-10H2,(H2,19,20,21). The minimum absolute atomic E-state index is 0.0377. The number of carbonyl (C=O) groups is 2.